The summed E-state index contributed by atoms with van der Waals surface area (Å²) in [5.41, 5.74) is 5.89. The fourth-order valence-electron chi connectivity index (χ4n) is 2.37. The van der Waals surface area contributed by atoms with Crippen molar-refractivity contribution in [1.82, 2.24) is 14.8 Å². The Kier molecular flexibility index (Phi) is 3.25. The molecule has 2 heterocycles. The Labute approximate surface area is 115 Å². The van der Waals surface area contributed by atoms with E-state index in [1.54, 1.807) is 0 Å². The van der Waals surface area contributed by atoms with Gasteiger partial charge in [0, 0.05) is 19.2 Å². The highest BCUT2D eigenvalue weighted by atomic mass is 19.1. The number of nitrogen functional groups attached to an aromatic ring is 1. The summed E-state index contributed by atoms with van der Waals surface area (Å²) in [5.74, 6) is -0.769. The number of nitrogens with zero attached hydrogens (tertiary/aromatic N) is 4. The minimum atomic E-state index is -0.716. The van der Waals surface area contributed by atoms with Crippen LogP contribution in [0.2, 0.25) is 0 Å². The van der Waals surface area contributed by atoms with Crippen LogP contribution in [0.3, 0.4) is 0 Å². The number of halogens is 2. The Bertz CT molecular complexity index is 619. The van der Waals surface area contributed by atoms with Gasteiger partial charge >= 0.3 is 0 Å². The molecule has 0 atom stereocenters. The van der Waals surface area contributed by atoms with Crippen molar-refractivity contribution in [3.05, 3.63) is 29.8 Å². The molecule has 0 aliphatic carbocycles. The summed E-state index contributed by atoms with van der Waals surface area (Å²) in [6.45, 7) is 1.74. The van der Waals surface area contributed by atoms with Gasteiger partial charge in [0.15, 0.2) is 5.82 Å². The van der Waals surface area contributed by atoms with E-state index in [0.717, 1.165) is 32.0 Å². The van der Waals surface area contributed by atoms with E-state index in [2.05, 4.69) is 10.1 Å². The van der Waals surface area contributed by atoms with Crippen LogP contribution >= 0.6 is 0 Å². The monoisotopic (exact) mass is 279 g/mol. The van der Waals surface area contributed by atoms with Gasteiger partial charge in [0.25, 0.3) is 0 Å². The summed E-state index contributed by atoms with van der Waals surface area (Å²) in [7, 11) is 0. The summed E-state index contributed by atoms with van der Waals surface area (Å²) in [4.78, 5) is 6.19. The first-order valence-corrected chi connectivity index (χ1v) is 6.58. The normalized spacial score (nSPS) is 15.6. The quantitative estimate of drug-likeness (QED) is 0.914. The lowest BCUT2D eigenvalue weighted by Crippen LogP contribution is -2.30. The van der Waals surface area contributed by atoms with E-state index in [4.69, 9.17) is 5.73 Å². The topological polar surface area (TPSA) is 60.0 Å². The third-order valence-corrected chi connectivity index (χ3v) is 3.40. The van der Waals surface area contributed by atoms with Crippen molar-refractivity contribution in [3.63, 3.8) is 0 Å². The maximum absolute atomic E-state index is 13.8. The molecule has 0 unspecified atom stereocenters. The first kappa shape index (κ1) is 12.8. The second kappa shape index (κ2) is 5.07. The van der Waals surface area contributed by atoms with E-state index in [9.17, 15) is 8.78 Å². The molecule has 0 bridgehead atoms. The Hall–Kier alpha value is -2.18. The molecular weight excluding hydrogens is 264 g/mol. The molecule has 0 spiro atoms. The van der Waals surface area contributed by atoms with Crippen molar-refractivity contribution in [2.45, 2.75) is 19.3 Å². The van der Waals surface area contributed by atoms with Crippen molar-refractivity contribution < 1.29 is 8.78 Å². The lowest BCUT2D eigenvalue weighted by atomic mass is 10.1. The highest BCUT2D eigenvalue weighted by Gasteiger charge is 2.19. The number of rotatable bonds is 2. The summed E-state index contributed by atoms with van der Waals surface area (Å²) >= 11 is 0. The van der Waals surface area contributed by atoms with Crippen molar-refractivity contribution in [1.29, 1.82) is 0 Å². The molecule has 20 heavy (non-hydrogen) atoms. The van der Waals surface area contributed by atoms with Gasteiger partial charge < -0.3 is 10.6 Å². The number of piperidine rings is 1. The molecule has 1 aliphatic heterocycles. The van der Waals surface area contributed by atoms with E-state index in [1.165, 1.54) is 23.2 Å². The lowest BCUT2D eigenvalue weighted by Gasteiger charge is -2.24. The minimum absolute atomic E-state index is 0.0936. The lowest BCUT2D eigenvalue weighted by molar-refractivity contribution is 0.563. The molecular formula is C13H15F2N5. The Morgan fingerprint density at radius 2 is 1.85 bits per heavy atom. The number of aromatic nitrogens is 3. The zero-order chi connectivity index (χ0) is 14.1. The number of hydrogen-bond donors (Lipinski definition) is 1. The molecule has 0 amide bonds. The van der Waals surface area contributed by atoms with Crippen molar-refractivity contribution in [2.24, 2.45) is 0 Å². The first-order chi connectivity index (χ1) is 9.65. The predicted molar refractivity (Wildman–Crippen MR) is 71.8 cm³/mol. The summed E-state index contributed by atoms with van der Waals surface area (Å²) in [6, 6.07) is 3.27. The fourth-order valence-corrected chi connectivity index (χ4v) is 2.37. The number of hydrogen-bond acceptors (Lipinski definition) is 4. The van der Waals surface area contributed by atoms with Crippen LogP contribution in [-0.2, 0) is 0 Å². The van der Waals surface area contributed by atoms with E-state index in [0.29, 0.717) is 5.95 Å². The zero-order valence-electron chi connectivity index (χ0n) is 10.9. The smallest absolute Gasteiger partial charge is 0.246 e. The molecule has 2 N–H and O–H groups in total. The van der Waals surface area contributed by atoms with Gasteiger partial charge in [0.2, 0.25) is 11.9 Å². The first-order valence-electron chi connectivity index (χ1n) is 6.58. The molecule has 1 fully saturated rings. The van der Waals surface area contributed by atoms with Gasteiger partial charge in [-0.25, -0.2) is 8.78 Å². The van der Waals surface area contributed by atoms with Gasteiger partial charge in [-0.3, -0.25) is 0 Å². The van der Waals surface area contributed by atoms with Crippen LogP contribution in [0.15, 0.2) is 18.2 Å². The molecule has 106 valence electrons. The van der Waals surface area contributed by atoms with Gasteiger partial charge in [0.05, 0.1) is 0 Å². The maximum Gasteiger partial charge on any atom is 0.246 e. The largest absolute Gasteiger partial charge is 0.368 e. The van der Waals surface area contributed by atoms with E-state index < -0.39 is 11.6 Å². The summed E-state index contributed by atoms with van der Waals surface area (Å²) in [5, 5.41) is 4.24. The third kappa shape index (κ3) is 2.31. The molecule has 7 heteroatoms. The average molecular weight is 279 g/mol. The highest BCUT2D eigenvalue weighted by Crippen LogP contribution is 2.21. The second-order valence-corrected chi connectivity index (χ2v) is 4.83. The Morgan fingerprint density at radius 1 is 1.10 bits per heavy atom. The van der Waals surface area contributed by atoms with Gasteiger partial charge in [-0.1, -0.05) is 0 Å². The van der Waals surface area contributed by atoms with E-state index in [-0.39, 0.29) is 11.6 Å². The average Bonchev–Trinajstić information content (AvgIpc) is 2.82. The number of anilines is 2. The number of nitrogens with two attached hydrogens (primary N) is 1. The van der Waals surface area contributed by atoms with Crippen LogP contribution in [-0.4, -0.2) is 27.9 Å². The molecule has 1 aromatic heterocycles. The summed E-state index contributed by atoms with van der Waals surface area (Å²) < 4.78 is 27.9. The van der Waals surface area contributed by atoms with Crippen LogP contribution in [0, 0.1) is 11.6 Å². The third-order valence-electron chi connectivity index (χ3n) is 3.40. The molecule has 5 nitrogen and oxygen atoms in total. The molecule has 1 aromatic carbocycles. The van der Waals surface area contributed by atoms with Crippen LogP contribution in [0.5, 0.6) is 0 Å². The Balaban J connectivity index is 1.95. The molecule has 3 rings (SSSR count). The molecule has 2 aromatic rings. The standard InChI is InChI=1S/C13H15F2N5/c14-9-4-5-11(10(15)8-9)20-12(16)17-13(18-20)19-6-2-1-3-7-19/h4-5,8H,1-3,6-7H2,(H2,16,17,18). The molecule has 1 aliphatic rings. The maximum atomic E-state index is 13.8. The van der Waals surface area contributed by atoms with Crippen LogP contribution in [0.25, 0.3) is 5.69 Å². The fraction of sp³-hybridized carbons (Fsp3) is 0.385. The van der Waals surface area contributed by atoms with Crippen LogP contribution in [0.4, 0.5) is 20.7 Å². The van der Waals surface area contributed by atoms with Crippen molar-refractivity contribution >= 4 is 11.9 Å². The minimum Gasteiger partial charge on any atom is -0.368 e. The second-order valence-electron chi connectivity index (χ2n) is 4.83. The van der Waals surface area contributed by atoms with Gasteiger partial charge in [-0.05, 0) is 31.4 Å². The van der Waals surface area contributed by atoms with Gasteiger partial charge in [-0.2, -0.15) is 9.67 Å². The van der Waals surface area contributed by atoms with Crippen molar-refractivity contribution in [2.75, 3.05) is 23.7 Å². The van der Waals surface area contributed by atoms with E-state index in [1.807, 2.05) is 4.90 Å². The van der Waals surface area contributed by atoms with E-state index >= 15 is 0 Å². The van der Waals surface area contributed by atoms with Crippen molar-refractivity contribution in [3.8, 4) is 5.69 Å². The van der Waals surface area contributed by atoms with Gasteiger partial charge in [-0.15, -0.1) is 5.10 Å². The zero-order valence-corrected chi connectivity index (χ0v) is 10.9. The van der Waals surface area contributed by atoms with Crippen LogP contribution in [0.1, 0.15) is 19.3 Å². The predicted octanol–water partition coefficient (Wildman–Crippen LogP) is 2.12. The molecule has 0 saturated carbocycles. The number of benzene rings is 1. The SMILES string of the molecule is Nc1nc(N2CCCCC2)nn1-c1ccc(F)cc1F. The van der Waals surface area contributed by atoms with Gasteiger partial charge in [0.1, 0.15) is 11.5 Å². The summed E-state index contributed by atoms with van der Waals surface area (Å²) in [6.07, 6.45) is 3.36. The highest BCUT2D eigenvalue weighted by molar-refractivity contribution is 5.44. The molecule has 1 saturated heterocycles. The molecule has 0 radical (unpaired) electrons. The van der Waals surface area contributed by atoms with Crippen LogP contribution < -0.4 is 10.6 Å². The Morgan fingerprint density at radius 3 is 2.55 bits per heavy atom.